The first-order chi connectivity index (χ1) is 12.6. The van der Waals surface area contributed by atoms with Crippen LogP contribution in [0.5, 0.6) is 0 Å². The Bertz CT molecular complexity index is 785. The summed E-state index contributed by atoms with van der Waals surface area (Å²) in [4.78, 5) is 24.7. The van der Waals surface area contributed by atoms with E-state index in [0.717, 1.165) is 29.7 Å². The number of hydrogen-bond donors (Lipinski definition) is 2. The number of fused-ring (bicyclic) bond motifs is 1. The molecule has 2 atom stereocenters. The summed E-state index contributed by atoms with van der Waals surface area (Å²) in [7, 11) is 0.801. The zero-order valence-corrected chi connectivity index (χ0v) is 15.9. The molecule has 2 rings (SSSR count). The normalized spacial score (nSPS) is 18.6. The highest BCUT2D eigenvalue weighted by molar-refractivity contribution is 7.16. The Balaban J connectivity index is 2.57. The number of anilines is 1. The molecule has 1 aromatic heterocycles. The van der Waals surface area contributed by atoms with Crippen LogP contribution in [0.1, 0.15) is 42.7 Å². The van der Waals surface area contributed by atoms with Crippen LogP contribution in [0.15, 0.2) is 0 Å². The van der Waals surface area contributed by atoms with Crippen LogP contribution in [0.2, 0.25) is 0 Å². The molecule has 1 aromatic rings. The van der Waals surface area contributed by atoms with Crippen LogP contribution in [0.3, 0.4) is 0 Å². The van der Waals surface area contributed by atoms with E-state index in [1.165, 1.54) is 6.92 Å². The fourth-order valence-electron chi connectivity index (χ4n) is 2.97. The molecule has 1 aliphatic rings. The van der Waals surface area contributed by atoms with Gasteiger partial charge in [0.15, 0.2) is 0 Å². The van der Waals surface area contributed by atoms with Crippen molar-refractivity contribution in [2.45, 2.75) is 51.4 Å². The van der Waals surface area contributed by atoms with E-state index in [9.17, 15) is 28.0 Å². The summed E-state index contributed by atoms with van der Waals surface area (Å²) < 4.78 is 46.1. The van der Waals surface area contributed by atoms with Gasteiger partial charge in [0.2, 0.25) is 5.91 Å². The number of thiophene rings is 1. The average molecular weight is 403 g/mol. The highest BCUT2D eigenvalue weighted by Gasteiger charge is 2.63. The number of rotatable bonds is 5. The minimum Gasteiger partial charge on any atom is -0.466 e. The zero-order chi connectivity index (χ0) is 20.4. The second kappa shape index (κ2) is 7.76. The monoisotopic (exact) mass is 403 g/mol. The van der Waals surface area contributed by atoms with Crippen molar-refractivity contribution in [1.82, 2.24) is 5.32 Å². The van der Waals surface area contributed by atoms with Crippen molar-refractivity contribution >= 4 is 28.2 Å². The maximum atomic E-state index is 13.9. The standard InChI is InChI=1S/C17H20F3N3O3S/c1-4-13(24)22-16(15(25)26-3,17(18,19)20)23-14-11(8-21)10-6-5-9(2)7-12(10)27-14/h9,23H,4-7H2,1-3H3,(H,22,24)/t9-,16+/m0/s1. The number of halogens is 3. The third-order valence-electron chi connectivity index (χ3n) is 4.49. The van der Waals surface area contributed by atoms with Gasteiger partial charge in [-0.3, -0.25) is 4.79 Å². The zero-order valence-electron chi connectivity index (χ0n) is 15.1. The molecule has 1 aliphatic carbocycles. The average Bonchev–Trinajstić information content (AvgIpc) is 2.94. The lowest BCUT2D eigenvalue weighted by molar-refractivity contribution is -0.206. The summed E-state index contributed by atoms with van der Waals surface area (Å²) in [5.74, 6) is -2.34. The van der Waals surface area contributed by atoms with Crippen molar-refractivity contribution in [1.29, 1.82) is 5.26 Å². The summed E-state index contributed by atoms with van der Waals surface area (Å²) >= 11 is 1.00. The number of amides is 1. The van der Waals surface area contributed by atoms with Gasteiger partial charge in [-0.05, 0) is 30.7 Å². The molecule has 10 heteroatoms. The number of nitrogens with zero attached hydrogens (tertiary/aromatic N) is 1. The smallest absolute Gasteiger partial charge is 0.441 e. The summed E-state index contributed by atoms with van der Waals surface area (Å²) in [6, 6.07) is 1.93. The van der Waals surface area contributed by atoms with Crippen LogP contribution < -0.4 is 10.6 Å². The maximum absolute atomic E-state index is 13.9. The van der Waals surface area contributed by atoms with E-state index in [2.05, 4.69) is 10.1 Å². The van der Waals surface area contributed by atoms with E-state index in [4.69, 9.17) is 0 Å². The van der Waals surface area contributed by atoms with Gasteiger partial charge in [-0.1, -0.05) is 13.8 Å². The van der Waals surface area contributed by atoms with Gasteiger partial charge in [0.05, 0.1) is 12.7 Å². The van der Waals surface area contributed by atoms with Crippen LogP contribution in [0.25, 0.3) is 0 Å². The molecule has 1 amide bonds. The number of hydrogen-bond acceptors (Lipinski definition) is 6. The maximum Gasteiger partial charge on any atom is 0.441 e. The molecule has 0 fully saturated rings. The Kier molecular flexibility index (Phi) is 6.04. The topological polar surface area (TPSA) is 91.2 Å². The van der Waals surface area contributed by atoms with Crippen molar-refractivity contribution in [3.05, 3.63) is 16.0 Å². The van der Waals surface area contributed by atoms with E-state index in [1.807, 2.05) is 13.0 Å². The summed E-state index contributed by atoms with van der Waals surface area (Å²) in [5.41, 5.74) is -2.70. The van der Waals surface area contributed by atoms with Gasteiger partial charge < -0.3 is 15.4 Å². The van der Waals surface area contributed by atoms with Crippen LogP contribution in [-0.4, -0.2) is 30.8 Å². The molecule has 0 bridgehead atoms. The molecule has 6 nitrogen and oxygen atoms in total. The first-order valence-electron chi connectivity index (χ1n) is 8.38. The van der Waals surface area contributed by atoms with Crippen LogP contribution >= 0.6 is 11.3 Å². The molecule has 0 unspecified atom stereocenters. The van der Waals surface area contributed by atoms with E-state index < -0.39 is 23.7 Å². The second-order valence-electron chi connectivity index (χ2n) is 6.43. The summed E-state index contributed by atoms with van der Waals surface area (Å²) in [6.45, 7) is 3.39. The molecule has 1 heterocycles. The van der Waals surface area contributed by atoms with Gasteiger partial charge >= 0.3 is 17.8 Å². The highest BCUT2D eigenvalue weighted by Crippen LogP contribution is 2.42. The van der Waals surface area contributed by atoms with Gasteiger partial charge in [-0.2, -0.15) is 18.4 Å². The molecular formula is C17H20F3N3O3S. The predicted octanol–water partition coefficient (Wildman–Crippen LogP) is 3.11. The molecule has 0 aromatic carbocycles. The fraction of sp³-hybridized carbons (Fsp3) is 0.588. The molecule has 27 heavy (non-hydrogen) atoms. The summed E-state index contributed by atoms with van der Waals surface area (Å²) in [5, 5.41) is 13.2. The Hall–Kier alpha value is -2.28. The first kappa shape index (κ1) is 21.0. The van der Waals surface area contributed by atoms with Crippen molar-refractivity contribution < 1.29 is 27.5 Å². The number of carbonyl (C=O) groups is 2. The molecule has 0 spiro atoms. The number of nitrogens with one attached hydrogen (secondary N) is 2. The van der Waals surface area contributed by atoms with Crippen molar-refractivity contribution in [3.63, 3.8) is 0 Å². The summed E-state index contributed by atoms with van der Waals surface area (Å²) in [6.07, 6.45) is -3.41. The third kappa shape index (κ3) is 3.88. The number of ether oxygens (including phenoxy) is 1. The molecule has 2 N–H and O–H groups in total. The van der Waals surface area contributed by atoms with Crippen LogP contribution in [-0.2, 0) is 27.2 Å². The largest absolute Gasteiger partial charge is 0.466 e. The SMILES string of the molecule is CCC(=O)N[C@@](Nc1sc2c(c1C#N)CC[C@H](C)C2)(C(=O)OC)C(F)(F)F. The van der Waals surface area contributed by atoms with E-state index in [-0.39, 0.29) is 17.0 Å². The number of carbonyl (C=O) groups excluding carboxylic acids is 2. The quantitative estimate of drug-likeness (QED) is 0.582. The predicted molar refractivity (Wildman–Crippen MR) is 93.1 cm³/mol. The first-order valence-corrected chi connectivity index (χ1v) is 9.20. The van der Waals surface area contributed by atoms with Crippen molar-refractivity contribution in [2.75, 3.05) is 12.4 Å². The number of nitriles is 1. The molecule has 0 aliphatic heterocycles. The van der Waals surface area contributed by atoms with Gasteiger partial charge in [0.25, 0.3) is 0 Å². The molecule has 0 saturated heterocycles. The molecule has 148 valence electrons. The highest BCUT2D eigenvalue weighted by atomic mass is 32.1. The molecule has 0 saturated carbocycles. The molecular weight excluding hydrogens is 383 g/mol. The minimum absolute atomic E-state index is 0.0742. The van der Waals surface area contributed by atoms with Crippen LogP contribution in [0, 0.1) is 17.2 Å². The Morgan fingerprint density at radius 2 is 2.07 bits per heavy atom. The van der Waals surface area contributed by atoms with E-state index >= 15 is 0 Å². The third-order valence-corrected chi connectivity index (χ3v) is 5.66. The van der Waals surface area contributed by atoms with Gasteiger partial charge in [-0.25, -0.2) is 4.79 Å². The van der Waals surface area contributed by atoms with E-state index in [0.29, 0.717) is 24.3 Å². The number of alkyl halides is 3. The molecule has 0 radical (unpaired) electrons. The number of methoxy groups -OCH3 is 1. The van der Waals surface area contributed by atoms with Gasteiger partial charge in [-0.15, -0.1) is 11.3 Å². The van der Waals surface area contributed by atoms with Gasteiger partial charge in [0.1, 0.15) is 11.1 Å². The fourth-order valence-corrected chi connectivity index (χ4v) is 4.39. The van der Waals surface area contributed by atoms with Crippen molar-refractivity contribution in [3.8, 4) is 6.07 Å². The van der Waals surface area contributed by atoms with Gasteiger partial charge in [0, 0.05) is 11.3 Å². The Labute approximate surface area is 158 Å². The second-order valence-corrected chi connectivity index (χ2v) is 7.54. The Morgan fingerprint density at radius 3 is 2.59 bits per heavy atom. The van der Waals surface area contributed by atoms with Crippen LogP contribution in [0.4, 0.5) is 18.2 Å². The lowest BCUT2D eigenvalue weighted by Crippen LogP contribution is -2.69. The minimum atomic E-state index is -5.20. The van der Waals surface area contributed by atoms with E-state index in [1.54, 1.807) is 5.32 Å². The lowest BCUT2D eigenvalue weighted by atomic mass is 9.88. The Morgan fingerprint density at radius 1 is 1.41 bits per heavy atom. The lowest BCUT2D eigenvalue weighted by Gasteiger charge is -2.34. The number of esters is 1. The van der Waals surface area contributed by atoms with Crippen molar-refractivity contribution in [2.24, 2.45) is 5.92 Å².